The van der Waals surface area contributed by atoms with E-state index in [0.717, 1.165) is 48.9 Å². The monoisotopic (exact) mass is 517 g/mol. The summed E-state index contributed by atoms with van der Waals surface area (Å²) in [5.74, 6) is 2.15. The van der Waals surface area contributed by atoms with E-state index >= 15 is 0 Å². The number of aryl methyl sites for hydroxylation is 1. The van der Waals surface area contributed by atoms with Crippen LogP contribution in [-0.4, -0.2) is 62.5 Å². The SMILES string of the molecule is Cc1cccc(N2CC3(C2)CN(c2nnc4n2-c2ccc(Cl)cc2CN(C(C)(C)C(F)(F)F)C4)C3)n1. The summed E-state index contributed by atoms with van der Waals surface area (Å²) >= 11 is 6.26. The summed E-state index contributed by atoms with van der Waals surface area (Å²) in [7, 11) is 0. The van der Waals surface area contributed by atoms with Gasteiger partial charge in [0.25, 0.3) is 0 Å². The first kappa shape index (κ1) is 23.5. The molecule has 0 saturated carbocycles. The van der Waals surface area contributed by atoms with E-state index < -0.39 is 11.7 Å². The molecule has 5 heterocycles. The average Bonchev–Trinajstić information content (AvgIpc) is 3.06. The zero-order valence-corrected chi connectivity index (χ0v) is 21.1. The smallest absolute Gasteiger partial charge is 0.355 e. The Morgan fingerprint density at radius 1 is 0.944 bits per heavy atom. The number of anilines is 2. The van der Waals surface area contributed by atoms with Gasteiger partial charge in [-0.25, -0.2) is 4.98 Å². The van der Waals surface area contributed by atoms with Crippen molar-refractivity contribution in [3.8, 4) is 5.69 Å². The summed E-state index contributed by atoms with van der Waals surface area (Å²) < 4.78 is 43.8. The number of halogens is 4. The summed E-state index contributed by atoms with van der Waals surface area (Å²) in [5, 5.41) is 9.29. The predicted molar refractivity (Wildman–Crippen MR) is 132 cm³/mol. The number of pyridine rings is 1. The van der Waals surface area contributed by atoms with Gasteiger partial charge in [0.1, 0.15) is 11.4 Å². The molecule has 7 nitrogen and oxygen atoms in total. The van der Waals surface area contributed by atoms with Crippen LogP contribution in [0.15, 0.2) is 36.4 Å². The molecular formula is C25H27ClF3N7. The van der Waals surface area contributed by atoms with Gasteiger partial charge in [-0.3, -0.25) is 9.47 Å². The van der Waals surface area contributed by atoms with Gasteiger partial charge >= 0.3 is 6.18 Å². The van der Waals surface area contributed by atoms with E-state index in [0.29, 0.717) is 16.8 Å². The Labute approximate surface area is 212 Å². The fraction of sp³-hybridized carbons (Fsp3) is 0.480. The van der Waals surface area contributed by atoms with Gasteiger partial charge in [0.15, 0.2) is 5.82 Å². The van der Waals surface area contributed by atoms with Gasteiger partial charge in [0.05, 0.1) is 12.2 Å². The van der Waals surface area contributed by atoms with Crippen LogP contribution in [0.3, 0.4) is 0 Å². The lowest BCUT2D eigenvalue weighted by Gasteiger charge is -2.60. The van der Waals surface area contributed by atoms with E-state index in [2.05, 4.69) is 25.0 Å². The molecule has 0 atom stereocenters. The van der Waals surface area contributed by atoms with Gasteiger partial charge in [-0.05, 0) is 56.7 Å². The van der Waals surface area contributed by atoms with Crippen molar-refractivity contribution in [2.24, 2.45) is 5.41 Å². The van der Waals surface area contributed by atoms with Crippen LogP contribution in [0.25, 0.3) is 5.69 Å². The van der Waals surface area contributed by atoms with Crippen molar-refractivity contribution < 1.29 is 13.2 Å². The highest BCUT2D eigenvalue weighted by Gasteiger charge is 2.54. The lowest BCUT2D eigenvalue weighted by Crippen LogP contribution is -2.73. The van der Waals surface area contributed by atoms with Crippen LogP contribution < -0.4 is 9.80 Å². The summed E-state index contributed by atoms with van der Waals surface area (Å²) in [6.07, 6.45) is -4.41. The maximum absolute atomic E-state index is 14.0. The minimum atomic E-state index is -4.41. The van der Waals surface area contributed by atoms with Gasteiger partial charge < -0.3 is 9.80 Å². The third kappa shape index (κ3) is 3.64. The zero-order valence-electron chi connectivity index (χ0n) is 20.3. The lowest BCUT2D eigenvalue weighted by atomic mass is 9.73. The van der Waals surface area contributed by atoms with Crippen LogP contribution in [0.4, 0.5) is 24.9 Å². The molecule has 6 rings (SSSR count). The first-order chi connectivity index (χ1) is 17.0. The largest absolute Gasteiger partial charge is 0.406 e. The molecule has 0 radical (unpaired) electrons. The topological polar surface area (TPSA) is 53.3 Å². The molecule has 0 amide bonds. The van der Waals surface area contributed by atoms with E-state index in [1.807, 2.05) is 35.8 Å². The summed E-state index contributed by atoms with van der Waals surface area (Å²) in [5.41, 5.74) is 0.602. The molecule has 0 aliphatic carbocycles. The number of benzene rings is 1. The Kier molecular flexibility index (Phi) is 5.12. The maximum Gasteiger partial charge on any atom is 0.406 e. The highest BCUT2D eigenvalue weighted by atomic mass is 35.5. The van der Waals surface area contributed by atoms with Crippen molar-refractivity contribution in [1.29, 1.82) is 0 Å². The Balaban J connectivity index is 1.27. The number of alkyl halides is 3. The highest BCUT2D eigenvalue weighted by molar-refractivity contribution is 6.30. The van der Waals surface area contributed by atoms with E-state index in [9.17, 15) is 13.2 Å². The molecule has 0 bridgehead atoms. The quantitative estimate of drug-likeness (QED) is 0.506. The minimum Gasteiger partial charge on any atom is -0.355 e. The van der Waals surface area contributed by atoms with Gasteiger partial charge in [0.2, 0.25) is 5.95 Å². The number of hydrogen-bond acceptors (Lipinski definition) is 6. The van der Waals surface area contributed by atoms with E-state index in [1.54, 1.807) is 12.1 Å². The van der Waals surface area contributed by atoms with E-state index in [1.165, 1.54) is 18.7 Å². The second-order valence-corrected chi connectivity index (χ2v) is 11.2. The molecule has 11 heteroatoms. The molecule has 36 heavy (non-hydrogen) atoms. The van der Waals surface area contributed by atoms with Crippen LogP contribution in [-0.2, 0) is 13.1 Å². The van der Waals surface area contributed by atoms with Crippen molar-refractivity contribution in [2.75, 3.05) is 36.0 Å². The summed E-state index contributed by atoms with van der Waals surface area (Å²) in [6, 6.07) is 11.4. The molecule has 2 fully saturated rings. The number of aromatic nitrogens is 4. The number of rotatable bonds is 3. The van der Waals surface area contributed by atoms with Crippen molar-refractivity contribution in [2.45, 2.75) is 45.6 Å². The van der Waals surface area contributed by atoms with Gasteiger partial charge in [-0.2, -0.15) is 13.2 Å². The molecule has 2 saturated heterocycles. The van der Waals surface area contributed by atoms with Gasteiger partial charge in [-0.1, -0.05) is 17.7 Å². The van der Waals surface area contributed by atoms with E-state index in [-0.39, 0.29) is 18.5 Å². The molecule has 3 aliphatic rings. The molecule has 3 aliphatic heterocycles. The van der Waals surface area contributed by atoms with Gasteiger partial charge in [-0.15, -0.1) is 10.2 Å². The minimum absolute atomic E-state index is 0.0254. The zero-order chi connectivity index (χ0) is 25.5. The number of nitrogens with zero attached hydrogens (tertiary/aromatic N) is 7. The van der Waals surface area contributed by atoms with E-state index in [4.69, 9.17) is 11.6 Å². The highest BCUT2D eigenvalue weighted by Crippen LogP contribution is 2.45. The van der Waals surface area contributed by atoms with Crippen LogP contribution in [0, 0.1) is 12.3 Å². The fourth-order valence-corrected chi connectivity index (χ4v) is 5.70. The Morgan fingerprint density at radius 2 is 1.67 bits per heavy atom. The normalized spacial score (nSPS) is 19.4. The summed E-state index contributed by atoms with van der Waals surface area (Å²) in [6.45, 7) is 7.99. The third-order valence-corrected chi connectivity index (χ3v) is 7.99. The third-order valence-electron chi connectivity index (χ3n) is 7.76. The number of fused-ring (bicyclic) bond motifs is 3. The first-order valence-electron chi connectivity index (χ1n) is 11.9. The molecular weight excluding hydrogens is 491 g/mol. The lowest BCUT2D eigenvalue weighted by molar-refractivity contribution is -0.224. The molecule has 0 N–H and O–H groups in total. The standard InChI is InChI=1S/C25H27ClF3N7/c1-16-5-4-6-20(30-16)33-12-24(13-33)14-34(15-24)22-32-31-21-11-35(23(2,3)25(27,28)29)10-17-9-18(26)7-8-19(17)36(21)22/h4-9H,10-15H2,1-3H3. The average molecular weight is 518 g/mol. The molecule has 1 spiro atoms. The van der Waals surface area contributed by atoms with Crippen LogP contribution in [0.5, 0.6) is 0 Å². The summed E-state index contributed by atoms with van der Waals surface area (Å²) in [4.78, 5) is 10.5. The number of hydrogen-bond donors (Lipinski definition) is 0. The molecule has 3 aromatic rings. The van der Waals surface area contributed by atoms with Crippen LogP contribution in [0.2, 0.25) is 5.02 Å². The van der Waals surface area contributed by atoms with Gasteiger partial charge in [0, 0.05) is 48.9 Å². The maximum atomic E-state index is 14.0. The van der Waals surface area contributed by atoms with Crippen molar-refractivity contribution in [3.05, 3.63) is 58.5 Å². The second kappa shape index (κ2) is 7.82. The second-order valence-electron chi connectivity index (χ2n) is 10.8. The Morgan fingerprint density at radius 3 is 2.36 bits per heavy atom. The fourth-order valence-electron chi connectivity index (χ4n) is 5.50. The molecule has 1 aromatic carbocycles. The van der Waals surface area contributed by atoms with Crippen LogP contribution >= 0.6 is 11.6 Å². The molecule has 2 aromatic heterocycles. The Bertz CT molecular complexity index is 1320. The molecule has 0 unspecified atom stereocenters. The van der Waals surface area contributed by atoms with Crippen molar-refractivity contribution in [1.82, 2.24) is 24.6 Å². The van der Waals surface area contributed by atoms with Crippen molar-refractivity contribution >= 4 is 23.4 Å². The predicted octanol–water partition coefficient (Wildman–Crippen LogP) is 4.61. The van der Waals surface area contributed by atoms with Crippen molar-refractivity contribution in [3.63, 3.8) is 0 Å². The van der Waals surface area contributed by atoms with Crippen LogP contribution in [0.1, 0.15) is 30.9 Å². The Hall–Kier alpha value is -2.85. The first-order valence-corrected chi connectivity index (χ1v) is 12.3. The molecule has 190 valence electrons.